The van der Waals surface area contributed by atoms with Crippen molar-refractivity contribution in [3.8, 4) is 11.3 Å². The number of ether oxygens (including phenoxy) is 1. The summed E-state index contributed by atoms with van der Waals surface area (Å²) in [5.41, 5.74) is 1.54. The molecule has 0 radical (unpaired) electrons. The molecule has 29 heavy (non-hydrogen) atoms. The van der Waals surface area contributed by atoms with Gasteiger partial charge in [0.2, 0.25) is 5.89 Å². The summed E-state index contributed by atoms with van der Waals surface area (Å²) in [4.78, 5) is 22.1. The van der Waals surface area contributed by atoms with Crippen LogP contribution in [0.25, 0.3) is 22.2 Å². The van der Waals surface area contributed by atoms with E-state index in [1.165, 1.54) is 11.8 Å². The maximum atomic E-state index is 13.0. The molecule has 4 aromatic rings. The smallest absolute Gasteiger partial charge is 0.262 e. The van der Waals surface area contributed by atoms with Crippen LogP contribution in [0.2, 0.25) is 0 Å². The lowest BCUT2D eigenvalue weighted by Gasteiger charge is -2.12. The first-order chi connectivity index (χ1) is 14.2. The fraction of sp³-hybridized carbons (Fsp3) is 0.190. The quantitative estimate of drug-likeness (QED) is 0.286. The van der Waals surface area contributed by atoms with Crippen LogP contribution in [0.3, 0.4) is 0 Å². The van der Waals surface area contributed by atoms with Crippen LogP contribution in [0, 0.1) is 0 Å². The van der Waals surface area contributed by atoms with Gasteiger partial charge in [-0.2, -0.15) is 0 Å². The molecule has 148 valence electrons. The van der Waals surface area contributed by atoms with Gasteiger partial charge in [-0.15, -0.1) is 0 Å². The van der Waals surface area contributed by atoms with Crippen LogP contribution in [0.15, 0.2) is 73.6 Å². The number of aromatic nitrogens is 3. The molecule has 0 saturated carbocycles. The lowest BCUT2D eigenvalue weighted by molar-refractivity contribution is 0.183. The second kappa shape index (κ2) is 8.94. The number of fused-ring (bicyclic) bond motifs is 1. The molecule has 6 nitrogen and oxygen atoms in total. The molecule has 0 N–H and O–H groups in total. The molecule has 2 heterocycles. The van der Waals surface area contributed by atoms with E-state index in [1.54, 1.807) is 23.9 Å². The molecule has 4 rings (SSSR count). The predicted octanol–water partition coefficient (Wildman–Crippen LogP) is 4.75. The molecular weight excluding hydrogens is 454 g/mol. The van der Waals surface area contributed by atoms with Gasteiger partial charge < -0.3 is 9.15 Å². The molecule has 0 spiro atoms. The average Bonchev–Trinajstić information content (AvgIpc) is 3.22. The zero-order valence-electron chi connectivity index (χ0n) is 15.7. The zero-order chi connectivity index (χ0) is 20.2. The van der Waals surface area contributed by atoms with Gasteiger partial charge in [-0.05, 0) is 18.2 Å². The number of thioether (sulfide) groups is 1. The first-order valence-electron chi connectivity index (χ1n) is 8.97. The Morgan fingerprint density at radius 3 is 2.83 bits per heavy atom. The number of benzene rings is 2. The van der Waals surface area contributed by atoms with Crippen molar-refractivity contribution >= 4 is 38.6 Å². The van der Waals surface area contributed by atoms with Gasteiger partial charge >= 0.3 is 0 Å². The minimum atomic E-state index is -0.0896. The Balaban J connectivity index is 1.62. The highest BCUT2D eigenvalue weighted by molar-refractivity contribution is 9.10. The second-order valence-electron chi connectivity index (χ2n) is 6.28. The predicted molar refractivity (Wildman–Crippen MR) is 117 cm³/mol. The molecule has 2 aromatic carbocycles. The summed E-state index contributed by atoms with van der Waals surface area (Å²) < 4.78 is 13.5. The van der Waals surface area contributed by atoms with Crippen molar-refractivity contribution in [1.29, 1.82) is 0 Å². The van der Waals surface area contributed by atoms with Crippen LogP contribution in [0.4, 0.5) is 0 Å². The Kier molecular flexibility index (Phi) is 6.13. The Morgan fingerprint density at radius 2 is 2.03 bits per heavy atom. The maximum Gasteiger partial charge on any atom is 0.262 e. The van der Waals surface area contributed by atoms with Gasteiger partial charge in [0.25, 0.3) is 5.56 Å². The largest absolute Gasteiger partial charge is 0.440 e. The molecule has 0 amide bonds. The molecule has 0 fully saturated rings. The van der Waals surface area contributed by atoms with E-state index in [9.17, 15) is 4.79 Å². The van der Waals surface area contributed by atoms with Crippen molar-refractivity contribution in [3.05, 3.63) is 75.4 Å². The molecule has 0 saturated heterocycles. The molecule has 0 bridgehead atoms. The first kappa shape index (κ1) is 19.9. The zero-order valence-corrected chi connectivity index (χ0v) is 18.1. The van der Waals surface area contributed by atoms with E-state index in [4.69, 9.17) is 14.1 Å². The van der Waals surface area contributed by atoms with E-state index in [1.807, 2.05) is 42.5 Å². The highest BCUT2D eigenvalue weighted by Gasteiger charge is 2.14. The van der Waals surface area contributed by atoms with E-state index >= 15 is 0 Å². The normalized spacial score (nSPS) is 11.2. The molecule has 0 aliphatic carbocycles. The number of rotatable bonds is 7. The fourth-order valence-electron chi connectivity index (χ4n) is 2.90. The SMILES string of the molecule is COCCn1c(SCc2ncc(-c3ccccc3)o2)nc2ccc(Br)cc2c1=O. The summed E-state index contributed by atoms with van der Waals surface area (Å²) in [7, 11) is 1.61. The highest BCUT2D eigenvalue weighted by Crippen LogP contribution is 2.26. The second-order valence-corrected chi connectivity index (χ2v) is 8.14. The van der Waals surface area contributed by atoms with Gasteiger partial charge in [0.05, 0.1) is 36.0 Å². The average molecular weight is 472 g/mol. The highest BCUT2D eigenvalue weighted by atomic mass is 79.9. The van der Waals surface area contributed by atoms with Crippen molar-refractivity contribution < 1.29 is 9.15 Å². The maximum absolute atomic E-state index is 13.0. The molecule has 2 aromatic heterocycles. The van der Waals surface area contributed by atoms with Crippen molar-refractivity contribution in [2.24, 2.45) is 0 Å². The van der Waals surface area contributed by atoms with Gasteiger partial charge in [0, 0.05) is 17.1 Å². The van der Waals surface area contributed by atoms with Crippen LogP contribution in [-0.2, 0) is 17.0 Å². The third kappa shape index (κ3) is 4.44. The summed E-state index contributed by atoms with van der Waals surface area (Å²) >= 11 is 4.84. The summed E-state index contributed by atoms with van der Waals surface area (Å²) in [6.45, 7) is 0.847. The molecule has 0 unspecified atom stereocenters. The Hall–Kier alpha value is -2.42. The Morgan fingerprint density at radius 1 is 1.21 bits per heavy atom. The van der Waals surface area contributed by atoms with E-state index in [-0.39, 0.29) is 5.56 Å². The summed E-state index contributed by atoms with van der Waals surface area (Å²) in [6, 6.07) is 15.3. The number of hydrogen-bond acceptors (Lipinski definition) is 6. The van der Waals surface area contributed by atoms with Crippen LogP contribution < -0.4 is 5.56 Å². The Labute approximate surface area is 180 Å². The molecule has 0 atom stereocenters. The van der Waals surface area contributed by atoms with Crippen LogP contribution >= 0.6 is 27.7 Å². The third-order valence-corrected chi connectivity index (χ3v) is 5.79. The van der Waals surface area contributed by atoms with Gasteiger partial charge in [0.15, 0.2) is 10.9 Å². The van der Waals surface area contributed by atoms with E-state index < -0.39 is 0 Å². The van der Waals surface area contributed by atoms with E-state index in [0.717, 1.165) is 10.0 Å². The topological polar surface area (TPSA) is 70.2 Å². The standard InChI is InChI=1S/C21H18BrN3O3S/c1-27-10-9-25-20(26)16-11-15(22)7-8-17(16)24-21(25)29-13-19-23-12-18(28-19)14-5-3-2-4-6-14/h2-8,11-12H,9-10,13H2,1H3. The number of hydrogen-bond donors (Lipinski definition) is 0. The van der Waals surface area contributed by atoms with Crippen molar-refractivity contribution in [2.45, 2.75) is 17.5 Å². The number of methoxy groups -OCH3 is 1. The van der Waals surface area contributed by atoms with Crippen LogP contribution in [0.5, 0.6) is 0 Å². The van der Waals surface area contributed by atoms with Gasteiger partial charge in [-0.3, -0.25) is 9.36 Å². The summed E-state index contributed by atoms with van der Waals surface area (Å²) in [5.74, 6) is 1.76. The number of halogens is 1. The van der Waals surface area contributed by atoms with Gasteiger partial charge in [-0.25, -0.2) is 9.97 Å². The molecule has 0 aliphatic heterocycles. The lowest BCUT2D eigenvalue weighted by Crippen LogP contribution is -2.25. The summed E-state index contributed by atoms with van der Waals surface area (Å²) in [5, 5.41) is 1.18. The third-order valence-electron chi connectivity index (χ3n) is 4.34. The first-order valence-corrected chi connectivity index (χ1v) is 10.8. The monoisotopic (exact) mass is 471 g/mol. The summed E-state index contributed by atoms with van der Waals surface area (Å²) in [6.07, 6.45) is 1.72. The van der Waals surface area contributed by atoms with E-state index in [0.29, 0.717) is 46.6 Å². The van der Waals surface area contributed by atoms with E-state index in [2.05, 4.69) is 20.9 Å². The molecular formula is C21H18BrN3O3S. The number of nitrogens with zero attached hydrogens (tertiary/aromatic N) is 3. The van der Waals surface area contributed by atoms with Gasteiger partial charge in [0.1, 0.15) is 0 Å². The number of oxazole rings is 1. The minimum Gasteiger partial charge on any atom is -0.440 e. The van der Waals surface area contributed by atoms with Crippen molar-refractivity contribution in [3.63, 3.8) is 0 Å². The molecule has 0 aliphatic rings. The Bertz CT molecular complexity index is 1190. The minimum absolute atomic E-state index is 0.0896. The molecule has 8 heteroatoms. The van der Waals surface area contributed by atoms with Crippen LogP contribution in [-0.4, -0.2) is 28.3 Å². The van der Waals surface area contributed by atoms with Crippen molar-refractivity contribution in [1.82, 2.24) is 14.5 Å². The lowest BCUT2D eigenvalue weighted by atomic mass is 10.2. The fourth-order valence-corrected chi connectivity index (χ4v) is 4.14. The van der Waals surface area contributed by atoms with Crippen LogP contribution in [0.1, 0.15) is 5.89 Å². The van der Waals surface area contributed by atoms with Gasteiger partial charge in [-0.1, -0.05) is 58.0 Å². The van der Waals surface area contributed by atoms with Crippen molar-refractivity contribution in [2.75, 3.05) is 13.7 Å².